The van der Waals surface area contributed by atoms with E-state index < -0.39 is 12.1 Å². The maximum absolute atomic E-state index is 12.5. The van der Waals surface area contributed by atoms with E-state index in [1.807, 2.05) is 0 Å². The number of amides is 1. The summed E-state index contributed by atoms with van der Waals surface area (Å²) in [5, 5.41) is 3.14. The van der Waals surface area contributed by atoms with Crippen LogP contribution >= 0.6 is 0 Å². The molecule has 0 unspecified atom stereocenters. The number of rotatable bonds is 1. The lowest BCUT2D eigenvalue weighted by molar-refractivity contribution is -0.186. The van der Waals surface area contributed by atoms with Crippen molar-refractivity contribution in [3.8, 4) is 0 Å². The molecule has 2 fully saturated rings. The lowest BCUT2D eigenvalue weighted by Gasteiger charge is -2.36. The molecule has 0 spiro atoms. The van der Waals surface area contributed by atoms with Gasteiger partial charge in [0.05, 0.1) is 12.0 Å². The van der Waals surface area contributed by atoms with Crippen LogP contribution in [0.2, 0.25) is 0 Å². The van der Waals surface area contributed by atoms with Crippen molar-refractivity contribution in [2.24, 2.45) is 5.92 Å². The lowest BCUT2D eigenvalue weighted by Crippen LogP contribution is -2.51. The van der Waals surface area contributed by atoms with Crippen molar-refractivity contribution >= 4 is 5.91 Å². The normalized spacial score (nSPS) is 27.3. The van der Waals surface area contributed by atoms with Gasteiger partial charge in [-0.05, 0) is 32.2 Å². The van der Waals surface area contributed by atoms with Crippen molar-refractivity contribution in [1.82, 2.24) is 10.2 Å². The molecule has 104 valence electrons. The highest BCUT2D eigenvalue weighted by molar-refractivity contribution is 5.82. The van der Waals surface area contributed by atoms with Crippen LogP contribution in [0.5, 0.6) is 0 Å². The molecule has 1 amide bonds. The summed E-state index contributed by atoms with van der Waals surface area (Å²) in [5.41, 5.74) is 0. The zero-order chi connectivity index (χ0) is 13.2. The van der Waals surface area contributed by atoms with Crippen LogP contribution in [0.25, 0.3) is 0 Å². The molecule has 0 aromatic heterocycles. The largest absolute Gasteiger partial charge is 0.391 e. The van der Waals surface area contributed by atoms with Crippen LogP contribution in [0, 0.1) is 5.92 Å². The number of carbonyl (C=O) groups excluding carboxylic acids is 1. The van der Waals surface area contributed by atoms with Gasteiger partial charge in [0.2, 0.25) is 5.91 Å². The summed E-state index contributed by atoms with van der Waals surface area (Å²) < 4.78 is 37.5. The molecule has 6 heteroatoms. The molecule has 2 heterocycles. The maximum atomic E-state index is 12.5. The lowest BCUT2D eigenvalue weighted by atomic mass is 9.95. The smallest absolute Gasteiger partial charge is 0.341 e. The minimum Gasteiger partial charge on any atom is -0.341 e. The molecule has 1 N–H and O–H groups in total. The van der Waals surface area contributed by atoms with Crippen LogP contribution in [0.4, 0.5) is 13.2 Å². The molecule has 0 saturated carbocycles. The maximum Gasteiger partial charge on any atom is 0.391 e. The van der Waals surface area contributed by atoms with Gasteiger partial charge in [-0.25, -0.2) is 0 Å². The van der Waals surface area contributed by atoms with Gasteiger partial charge >= 0.3 is 6.18 Å². The molecule has 0 bridgehead atoms. The Morgan fingerprint density at radius 3 is 2.28 bits per heavy atom. The van der Waals surface area contributed by atoms with Crippen molar-refractivity contribution in [2.75, 3.05) is 19.6 Å². The Bertz CT molecular complexity index is 292. The highest BCUT2D eigenvalue weighted by Gasteiger charge is 2.42. The van der Waals surface area contributed by atoms with Crippen LogP contribution in [0.1, 0.15) is 32.1 Å². The molecular weight excluding hydrogens is 245 g/mol. The summed E-state index contributed by atoms with van der Waals surface area (Å²) in [6.07, 6.45) is -1.14. The number of halogens is 3. The van der Waals surface area contributed by atoms with E-state index in [0.29, 0.717) is 0 Å². The number of hydrogen-bond donors (Lipinski definition) is 1. The fourth-order valence-corrected chi connectivity index (χ4v) is 2.71. The Hall–Kier alpha value is -0.780. The zero-order valence-corrected chi connectivity index (χ0v) is 10.3. The van der Waals surface area contributed by atoms with Crippen molar-refractivity contribution in [3.05, 3.63) is 0 Å². The Balaban J connectivity index is 1.83. The molecule has 0 aromatic rings. The van der Waals surface area contributed by atoms with Gasteiger partial charge < -0.3 is 10.2 Å². The standard InChI is InChI=1S/C12H19F3N2O/c13-12(14,15)9-4-7-17(8-5-9)11(18)10-3-1-2-6-16-10/h9-10,16H,1-8H2/t10-/m1/s1. The summed E-state index contributed by atoms with van der Waals surface area (Å²) in [7, 11) is 0. The first kappa shape index (κ1) is 13.6. The summed E-state index contributed by atoms with van der Waals surface area (Å²) in [6, 6.07) is -0.179. The second kappa shape index (κ2) is 5.47. The Labute approximate surface area is 105 Å². The van der Waals surface area contributed by atoms with Crippen molar-refractivity contribution in [2.45, 2.75) is 44.3 Å². The van der Waals surface area contributed by atoms with E-state index in [1.54, 1.807) is 4.90 Å². The van der Waals surface area contributed by atoms with Crippen LogP contribution in [0.15, 0.2) is 0 Å². The van der Waals surface area contributed by atoms with Crippen LogP contribution in [-0.2, 0) is 4.79 Å². The molecule has 0 radical (unpaired) electrons. The van der Waals surface area contributed by atoms with Crippen LogP contribution in [0.3, 0.4) is 0 Å². The number of piperidine rings is 2. The Morgan fingerprint density at radius 1 is 1.11 bits per heavy atom. The summed E-state index contributed by atoms with van der Waals surface area (Å²) >= 11 is 0. The van der Waals surface area contributed by atoms with Gasteiger partial charge in [-0.1, -0.05) is 6.42 Å². The number of alkyl halides is 3. The minimum atomic E-state index is -4.11. The van der Waals surface area contributed by atoms with E-state index in [-0.39, 0.29) is 37.9 Å². The fourth-order valence-electron chi connectivity index (χ4n) is 2.71. The Morgan fingerprint density at radius 2 is 1.78 bits per heavy atom. The third-order valence-corrected chi connectivity index (χ3v) is 3.88. The molecule has 2 aliphatic heterocycles. The van der Waals surface area contributed by atoms with E-state index >= 15 is 0 Å². The first-order chi connectivity index (χ1) is 8.48. The predicted molar refractivity (Wildman–Crippen MR) is 61.0 cm³/mol. The molecule has 0 aliphatic carbocycles. The molecule has 1 atom stereocenters. The second-order valence-electron chi connectivity index (χ2n) is 5.14. The van der Waals surface area contributed by atoms with E-state index in [1.165, 1.54) is 0 Å². The minimum absolute atomic E-state index is 0.0182. The highest BCUT2D eigenvalue weighted by Crippen LogP contribution is 2.34. The molecule has 3 nitrogen and oxygen atoms in total. The molecule has 2 aliphatic rings. The summed E-state index contributed by atoms with van der Waals surface area (Å²) in [5.74, 6) is -1.25. The average molecular weight is 264 g/mol. The third kappa shape index (κ3) is 3.16. The number of hydrogen-bond acceptors (Lipinski definition) is 2. The number of carbonyl (C=O) groups is 1. The highest BCUT2D eigenvalue weighted by atomic mass is 19.4. The van der Waals surface area contributed by atoms with Gasteiger partial charge in [-0.2, -0.15) is 13.2 Å². The van der Waals surface area contributed by atoms with E-state index in [2.05, 4.69) is 5.32 Å². The van der Waals surface area contributed by atoms with Crippen molar-refractivity contribution in [1.29, 1.82) is 0 Å². The molecule has 18 heavy (non-hydrogen) atoms. The van der Waals surface area contributed by atoms with E-state index in [4.69, 9.17) is 0 Å². The average Bonchev–Trinajstić information content (AvgIpc) is 2.38. The van der Waals surface area contributed by atoms with Gasteiger partial charge in [-0.3, -0.25) is 4.79 Å². The topological polar surface area (TPSA) is 32.3 Å². The zero-order valence-electron chi connectivity index (χ0n) is 10.3. The molecule has 2 rings (SSSR count). The number of nitrogens with one attached hydrogen (secondary N) is 1. The number of nitrogens with zero attached hydrogens (tertiary/aromatic N) is 1. The first-order valence-electron chi connectivity index (χ1n) is 6.57. The van der Waals surface area contributed by atoms with Crippen molar-refractivity contribution in [3.63, 3.8) is 0 Å². The Kier molecular flexibility index (Phi) is 4.14. The van der Waals surface area contributed by atoms with Gasteiger partial charge in [0.25, 0.3) is 0 Å². The van der Waals surface area contributed by atoms with Gasteiger partial charge in [-0.15, -0.1) is 0 Å². The third-order valence-electron chi connectivity index (χ3n) is 3.88. The monoisotopic (exact) mass is 264 g/mol. The van der Waals surface area contributed by atoms with Crippen LogP contribution in [-0.4, -0.2) is 42.7 Å². The van der Waals surface area contributed by atoms with Crippen molar-refractivity contribution < 1.29 is 18.0 Å². The molecular formula is C12H19F3N2O. The van der Waals surface area contributed by atoms with Gasteiger partial charge in [0.1, 0.15) is 0 Å². The molecule has 2 saturated heterocycles. The van der Waals surface area contributed by atoms with Crippen LogP contribution < -0.4 is 5.32 Å². The molecule has 0 aromatic carbocycles. The SMILES string of the molecule is O=C([C@H]1CCCCN1)N1CCC(C(F)(F)F)CC1. The van der Waals surface area contributed by atoms with E-state index in [0.717, 1.165) is 25.8 Å². The predicted octanol–water partition coefficient (Wildman–Crippen LogP) is 1.93. The second-order valence-corrected chi connectivity index (χ2v) is 5.14. The first-order valence-corrected chi connectivity index (χ1v) is 6.57. The van der Waals surface area contributed by atoms with E-state index in [9.17, 15) is 18.0 Å². The summed E-state index contributed by atoms with van der Waals surface area (Å²) in [4.78, 5) is 13.7. The number of likely N-dealkylation sites (tertiary alicyclic amines) is 1. The van der Waals surface area contributed by atoms with Gasteiger partial charge in [0, 0.05) is 13.1 Å². The quantitative estimate of drug-likeness (QED) is 0.785. The summed E-state index contributed by atoms with van der Waals surface area (Å²) in [6.45, 7) is 1.30. The van der Waals surface area contributed by atoms with Gasteiger partial charge in [0.15, 0.2) is 0 Å². The fraction of sp³-hybridized carbons (Fsp3) is 0.917.